The fraction of sp³-hybridized carbons (Fsp3) is 0.174. The summed E-state index contributed by atoms with van der Waals surface area (Å²) >= 11 is 5.99. The van der Waals surface area contributed by atoms with Crippen LogP contribution in [0.3, 0.4) is 0 Å². The van der Waals surface area contributed by atoms with Gasteiger partial charge in [0.1, 0.15) is 5.56 Å². The Morgan fingerprint density at radius 1 is 1.07 bits per heavy atom. The Kier molecular flexibility index (Phi) is 5.07. The number of Topliss-reactive ketones (excluding diaryl/α,β-unsaturated/α-hetero) is 1. The summed E-state index contributed by atoms with van der Waals surface area (Å²) in [6.07, 6.45) is 0.896. The van der Waals surface area contributed by atoms with Gasteiger partial charge in [0, 0.05) is 28.4 Å². The minimum Gasteiger partial charge on any atom is -0.325 e. The number of halogens is 1. The molecule has 1 aliphatic rings. The van der Waals surface area contributed by atoms with Crippen LogP contribution in [-0.2, 0) is 6.42 Å². The van der Waals surface area contributed by atoms with E-state index in [1.54, 1.807) is 18.2 Å². The number of ketones is 1. The number of aryl methyl sites for hydroxylation is 1. The van der Waals surface area contributed by atoms with Gasteiger partial charge in [0.05, 0.1) is 0 Å². The molecular weight excluding hydrogens is 388 g/mol. The number of hydrogen-bond donors (Lipinski definition) is 2. The van der Waals surface area contributed by atoms with E-state index in [4.69, 9.17) is 11.6 Å². The molecule has 6 heteroatoms. The third-order valence-corrected chi connectivity index (χ3v) is 5.50. The van der Waals surface area contributed by atoms with Gasteiger partial charge in [-0.3, -0.25) is 14.4 Å². The predicted molar refractivity (Wildman–Crippen MR) is 113 cm³/mol. The maximum Gasteiger partial charge on any atom is 0.261 e. The number of H-pyrrole nitrogens is 1. The predicted octanol–water partition coefficient (Wildman–Crippen LogP) is 4.50. The van der Waals surface area contributed by atoms with E-state index >= 15 is 0 Å². The molecule has 4 rings (SSSR count). The maximum absolute atomic E-state index is 12.7. The number of carbonyl (C=O) groups is 2. The molecule has 1 heterocycles. The molecule has 1 amide bonds. The Bertz CT molecular complexity index is 1170. The Hall–Kier alpha value is -3.18. The first-order valence-corrected chi connectivity index (χ1v) is 9.72. The van der Waals surface area contributed by atoms with Crippen LogP contribution in [0.5, 0.6) is 0 Å². The fourth-order valence-corrected chi connectivity index (χ4v) is 3.85. The lowest BCUT2D eigenvalue weighted by atomic mass is 9.81. The van der Waals surface area contributed by atoms with Gasteiger partial charge in [0.2, 0.25) is 0 Å². The fourth-order valence-electron chi connectivity index (χ4n) is 3.68. The highest BCUT2D eigenvalue weighted by atomic mass is 35.5. The van der Waals surface area contributed by atoms with Gasteiger partial charge < -0.3 is 10.3 Å². The van der Waals surface area contributed by atoms with Crippen LogP contribution in [0.1, 0.15) is 49.9 Å². The van der Waals surface area contributed by atoms with Crippen LogP contribution in [0.15, 0.2) is 59.4 Å². The molecule has 0 unspecified atom stereocenters. The molecule has 5 nitrogen and oxygen atoms in total. The number of pyridine rings is 1. The molecule has 2 aromatic carbocycles. The van der Waals surface area contributed by atoms with E-state index in [9.17, 15) is 14.4 Å². The van der Waals surface area contributed by atoms with Crippen LogP contribution in [-0.4, -0.2) is 16.7 Å². The molecule has 0 fully saturated rings. The van der Waals surface area contributed by atoms with Crippen molar-refractivity contribution >= 4 is 29.0 Å². The van der Waals surface area contributed by atoms with E-state index in [1.807, 2.05) is 37.3 Å². The Balaban J connectivity index is 1.64. The van der Waals surface area contributed by atoms with Gasteiger partial charge >= 0.3 is 0 Å². The average molecular weight is 407 g/mol. The second-order valence-electron chi connectivity index (χ2n) is 7.26. The molecule has 0 saturated heterocycles. The lowest BCUT2D eigenvalue weighted by Gasteiger charge is -2.24. The first-order chi connectivity index (χ1) is 13.9. The van der Waals surface area contributed by atoms with Gasteiger partial charge in [0.15, 0.2) is 5.78 Å². The summed E-state index contributed by atoms with van der Waals surface area (Å²) in [6, 6.07) is 16.3. The molecule has 29 heavy (non-hydrogen) atoms. The van der Waals surface area contributed by atoms with Crippen LogP contribution >= 0.6 is 11.6 Å². The van der Waals surface area contributed by atoms with Crippen LogP contribution in [0.25, 0.3) is 0 Å². The summed E-state index contributed by atoms with van der Waals surface area (Å²) in [6.45, 7) is 1.83. The SMILES string of the molecule is Cc1ccc(Cl)cc1NC(=O)c1cc2c([nH]c1=O)C[C@H](c1ccccc1)CC2=O. The van der Waals surface area contributed by atoms with Gasteiger partial charge in [-0.25, -0.2) is 0 Å². The molecule has 3 aromatic rings. The van der Waals surface area contributed by atoms with E-state index in [2.05, 4.69) is 10.3 Å². The summed E-state index contributed by atoms with van der Waals surface area (Å²) in [5.74, 6) is -0.637. The van der Waals surface area contributed by atoms with Crippen LogP contribution in [0.2, 0.25) is 5.02 Å². The molecule has 1 aromatic heterocycles. The summed E-state index contributed by atoms with van der Waals surface area (Å²) in [4.78, 5) is 40.8. The molecule has 0 bridgehead atoms. The van der Waals surface area contributed by atoms with Gasteiger partial charge in [0.25, 0.3) is 11.5 Å². The van der Waals surface area contributed by atoms with Crippen LogP contribution < -0.4 is 10.9 Å². The first-order valence-electron chi connectivity index (χ1n) is 9.34. The molecule has 0 spiro atoms. The molecular formula is C23H19ClN2O3. The second kappa shape index (κ2) is 7.68. The van der Waals surface area contributed by atoms with Gasteiger partial charge in [-0.15, -0.1) is 0 Å². The largest absolute Gasteiger partial charge is 0.325 e. The van der Waals surface area contributed by atoms with Crippen molar-refractivity contribution in [2.75, 3.05) is 5.32 Å². The van der Waals surface area contributed by atoms with Crippen molar-refractivity contribution in [1.82, 2.24) is 4.98 Å². The highest BCUT2D eigenvalue weighted by molar-refractivity contribution is 6.31. The van der Waals surface area contributed by atoms with Crippen molar-refractivity contribution in [1.29, 1.82) is 0 Å². The molecule has 2 N–H and O–H groups in total. The average Bonchev–Trinajstić information content (AvgIpc) is 2.70. The Morgan fingerprint density at radius 2 is 1.83 bits per heavy atom. The third kappa shape index (κ3) is 3.87. The molecule has 0 aliphatic heterocycles. The molecule has 1 aliphatic carbocycles. The van der Waals surface area contributed by atoms with Crippen LogP contribution in [0, 0.1) is 6.92 Å². The van der Waals surface area contributed by atoms with E-state index in [1.165, 1.54) is 6.07 Å². The quantitative estimate of drug-likeness (QED) is 0.672. The number of amides is 1. The number of aromatic amines is 1. The maximum atomic E-state index is 12.7. The standard InChI is InChI=1S/C23H19ClN2O3/c1-13-7-8-16(24)11-19(13)25-22(28)18-12-17-20(26-23(18)29)9-15(10-21(17)27)14-5-3-2-4-6-14/h2-8,11-12,15H,9-10H2,1H3,(H,25,28)(H,26,29)/t15-/m0/s1. The summed E-state index contributed by atoms with van der Waals surface area (Å²) in [5.41, 5.74) is 2.79. The highest BCUT2D eigenvalue weighted by Gasteiger charge is 2.28. The van der Waals surface area contributed by atoms with E-state index in [-0.39, 0.29) is 17.3 Å². The number of rotatable bonds is 3. The lowest BCUT2D eigenvalue weighted by molar-refractivity contribution is 0.0963. The van der Waals surface area contributed by atoms with Crippen molar-refractivity contribution in [2.45, 2.75) is 25.7 Å². The Labute approximate surface area is 172 Å². The van der Waals surface area contributed by atoms with E-state index in [0.717, 1.165) is 11.1 Å². The normalized spacial score (nSPS) is 15.7. The summed E-state index contributed by atoms with van der Waals surface area (Å²) < 4.78 is 0. The molecule has 1 atom stereocenters. The topological polar surface area (TPSA) is 79.0 Å². The summed E-state index contributed by atoms with van der Waals surface area (Å²) in [5, 5.41) is 3.19. The number of benzene rings is 2. The monoisotopic (exact) mass is 406 g/mol. The van der Waals surface area contributed by atoms with E-state index in [0.29, 0.717) is 34.8 Å². The van der Waals surface area contributed by atoms with Crippen molar-refractivity contribution in [3.8, 4) is 0 Å². The van der Waals surface area contributed by atoms with Crippen molar-refractivity contribution < 1.29 is 9.59 Å². The van der Waals surface area contributed by atoms with Crippen molar-refractivity contribution in [2.24, 2.45) is 0 Å². The van der Waals surface area contributed by atoms with Gasteiger partial charge in [-0.05, 0) is 48.6 Å². The Morgan fingerprint density at radius 3 is 2.59 bits per heavy atom. The number of anilines is 1. The second-order valence-corrected chi connectivity index (χ2v) is 7.69. The number of aromatic nitrogens is 1. The highest BCUT2D eigenvalue weighted by Crippen LogP contribution is 2.31. The van der Waals surface area contributed by atoms with Crippen molar-refractivity contribution in [3.05, 3.63) is 97.9 Å². The minimum absolute atomic E-state index is 0.0145. The number of hydrogen-bond acceptors (Lipinski definition) is 3. The molecule has 0 radical (unpaired) electrons. The lowest BCUT2D eigenvalue weighted by Crippen LogP contribution is -2.29. The third-order valence-electron chi connectivity index (χ3n) is 5.27. The zero-order valence-electron chi connectivity index (χ0n) is 15.8. The zero-order valence-corrected chi connectivity index (χ0v) is 16.5. The van der Waals surface area contributed by atoms with Crippen LogP contribution in [0.4, 0.5) is 5.69 Å². The van der Waals surface area contributed by atoms with E-state index < -0.39 is 11.5 Å². The van der Waals surface area contributed by atoms with Gasteiger partial charge in [-0.2, -0.15) is 0 Å². The zero-order chi connectivity index (χ0) is 20.5. The molecule has 146 valence electrons. The smallest absolute Gasteiger partial charge is 0.261 e. The van der Waals surface area contributed by atoms with Crippen molar-refractivity contribution in [3.63, 3.8) is 0 Å². The minimum atomic E-state index is -0.572. The van der Waals surface area contributed by atoms with Gasteiger partial charge in [-0.1, -0.05) is 48.0 Å². The number of fused-ring (bicyclic) bond motifs is 1. The number of nitrogens with one attached hydrogen (secondary N) is 2. The first kappa shape index (κ1) is 19.2. The number of carbonyl (C=O) groups excluding carboxylic acids is 2. The summed E-state index contributed by atoms with van der Waals surface area (Å²) in [7, 11) is 0. The molecule has 0 saturated carbocycles.